The number of amides is 1. The van der Waals surface area contributed by atoms with Crippen LogP contribution in [0.3, 0.4) is 0 Å². The van der Waals surface area contributed by atoms with Crippen LogP contribution in [0.1, 0.15) is 26.3 Å². The highest BCUT2D eigenvalue weighted by atomic mass is 19.1. The predicted molar refractivity (Wildman–Crippen MR) is 147 cm³/mol. The van der Waals surface area contributed by atoms with Gasteiger partial charge in [0.25, 0.3) is 0 Å². The van der Waals surface area contributed by atoms with Gasteiger partial charge >= 0.3 is 6.09 Å². The summed E-state index contributed by atoms with van der Waals surface area (Å²) in [6, 6.07) is 12.7. The summed E-state index contributed by atoms with van der Waals surface area (Å²) in [6.07, 6.45) is 1.19. The van der Waals surface area contributed by atoms with E-state index < -0.39 is 23.3 Å². The molecule has 202 valence electrons. The molecule has 0 unspecified atom stereocenters. The Kier molecular flexibility index (Phi) is 6.84. The van der Waals surface area contributed by atoms with E-state index in [1.165, 1.54) is 6.07 Å². The van der Waals surface area contributed by atoms with Crippen molar-refractivity contribution in [1.82, 2.24) is 14.9 Å². The van der Waals surface area contributed by atoms with E-state index in [2.05, 4.69) is 4.98 Å². The van der Waals surface area contributed by atoms with Crippen LogP contribution in [0.2, 0.25) is 0 Å². The predicted octanol–water partition coefficient (Wildman–Crippen LogP) is 6.31. The van der Waals surface area contributed by atoms with Gasteiger partial charge in [-0.2, -0.15) is 0 Å². The first-order valence-electron chi connectivity index (χ1n) is 12.8. The van der Waals surface area contributed by atoms with Crippen molar-refractivity contribution in [2.75, 3.05) is 31.1 Å². The molecule has 0 bridgehead atoms. The summed E-state index contributed by atoms with van der Waals surface area (Å²) in [5, 5.41) is 12.0. The number of hydrogen-bond acceptors (Lipinski definition) is 6. The Hall–Kier alpha value is -4.27. The summed E-state index contributed by atoms with van der Waals surface area (Å²) in [6.45, 7) is 8.86. The number of benzene rings is 2. The summed E-state index contributed by atoms with van der Waals surface area (Å²) in [5.74, 6) is -1.49. The highest BCUT2D eigenvalue weighted by Crippen LogP contribution is 2.44. The number of aryl methyl sites for hydroxylation is 1. The van der Waals surface area contributed by atoms with Gasteiger partial charge in [0, 0.05) is 60.5 Å². The van der Waals surface area contributed by atoms with Crippen molar-refractivity contribution in [3.63, 3.8) is 0 Å². The van der Waals surface area contributed by atoms with Crippen molar-refractivity contribution < 1.29 is 23.4 Å². The van der Waals surface area contributed by atoms with Crippen LogP contribution in [-0.4, -0.2) is 57.8 Å². The molecule has 1 aliphatic heterocycles. The number of fused-ring (bicyclic) bond motifs is 1. The van der Waals surface area contributed by atoms with Crippen LogP contribution in [0.4, 0.5) is 19.4 Å². The molecule has 1 amide bonds. The molecular weight excluding hydrogens is 502 g/mol. The van der Waals surface area contributed by atoms with Gasteiger partial charge in [0.05, 0.1) is 11.2 Å². The summed E-state index contributed by atoms with van der Waals surface area (Å²) in [5.41, 5.74) is 2.55. The third-order valence-corrected chi connectivity index (χ3v) is 6.69. The minimum atomic E-state index is -0.798. The Bertz CT molecular complexity index is 1560. The molecular formula is C30H30F2N4O3. The molecule has 0 radical (unpaired) electrons. The number of rotatable bonds is 3. The van der Waals surface area contributed by atoms with Gasteiger partial charge < -0.3 is 19.6 Å². The second kappa shape index (κ2) is 10.1. The number of aromatic hydroxyl groups is 1. The molecule has 1 aliphatic rings. The maximum Gasteiger partial charge on any atom is 0.410 e. The van der Waals surface area contributed by atoms with Gasteiger partial charge in [-0.05, 0) is 51.5 Å². The van der Waals surface area contributed by atoms with E-state index in [-0.39, 0.29) is 22.7 Å². The van der Waals surface area contributed by atoms with E-state index in [0.717, 1.165) is 23.3 Å². The van der Waals surface area contributed by atoms with E-state index in [1.807, 2.05) is 56.9 Å². The quantitative estimate of drug-likeness (QED) is 0.333. The van der Waals surface area contributed by atoms with E-state index in [4.69, 9.17) is 9.72 Å². The largest absolute Gasteiger partial charge is 0.504 e. The molecule has 39 heavy (non-hydrogen) atoms. The molecule has 0 atom stereocenters. The van der Waals surface area contributed by atoms with Crippen molar-refractivity contribution in [2.24, 2.45) is 0 Å². The molecule has 3 heterocycles. The highest BCUT2D eigenvalue weighted by Gasteiger charge is 2.30. The van der Waals surface area contributed by atoms with Crippen LogP contribution in [0.5, 0.6) is 5.75 Å². The molecule has 9 heteroatoms. The fraction of sp³-hybridized carbons (Fsp3) is 0.300. The van der Waals surface area contributed by atoms with Gasteiger partial charge in [-0.15, -0.1) is 0 Å². The minimum Gasteiger partial charge on any atom is -0.504 e. The summed E-state index contributed by atoms with van der Waals surface area (Å²) in [7, 11) is 0. The first-order valence-corrected chi connectivity index (χ1v) is 12.8. The molecule has 4 aromatic rings. The molecule has 2 aromatic carbocycles. The normalized spacial score (nSPS) is 14.1. The number of nitrogens with zero attached hydrogens (tertiary/aromatic N) is 4. The molecule has 0 saturated carbocycles. The zero-order chi connectivity index (χ0) is 27.9. The number of carbonyl (C=O) groups is 1. The van der Waals surface area contributed by atoms with E-state index in [9.17, 15) is 14.3 Å². The average Bonchev–Trinajstić information content (AvgIpc) is 2.88. The minimum absolute atomic E-state index is 0.0527. The second-order valence-electron chi connectivity index (χ2n) is 10.6. The molecule has 0 spiro atoms. The first kappa shape index (κ1) is 26.3. The van der Waals surface area contributed by atoms with Crippen molar-refractivity contribution >= 4 is 22.8 Å². The van der Waals surface area contributed by atoms with Gasteiger partial charge in [0.15, 0.2) is 11.6 Å². The van der Waals surface area contributed by atoms with Crippen molar-refractivity contribution in [2.45, 2.75) is 33.3 Å². The summed E-state index contributed by atoms with van der Waals surface area (Å²) in [4.78, 5) is 25.5. The van der Waals surface area contributed by atoms with Crippen LogP contribution in [0, 0.1) is 18.6 Å². The molecule has 7 nitrogen and oxygen atoms in total. The van der Waals surface area contributed by atoms with Crippen molar-refractivity contribution in [3.05, 3.63) is 71.9 Å². The fourth-order valence-corrected chi connectivity index (χ4v) is 4.82. The zero-order valence-electron chi connectivity index (χ0n) is 22.3. The highest BCUT2D eigenvalue weighted by molar-refractivity contribution is 6.05. The summed E-state index contributed by atoms with van der Waals surface area (Å²) < 4.78 is 34.4. The number of anilines is 1. The zero-order valence-corrected chi connectivity index (χ0v) is 22.3. The number of carbonyl (C=O) groups excluding carboxylic acids is 1. The number of piperazine rings is 1. The lowest BCUT2D eigenvalue weighted by Gasteiger charge is -2.36. The van der Waals surface area contributed by atoms with Crippen LogP contribution >= 0.6 is 0 Å². The maximum atomic E-state index is 15.1. The molecule has 1 saturated heterocycles. The van der Waals surface area contributed by atoms with Gasteiger partial charge in [-0.3, -0.25) is 4.98 Å². The maximum absolute atomic E-state index is 15.1. The monoisotopic (exact) mass is 532 g/mol. The number of aromatic nitrogens is 2. The number of halogens is 2. The van der Waals surface area contributed by atoms with Crippen LogP contribution in [-0.2, 0) is 4.74 Å². The van der Waals surface area contributed by atoms with E-state index in [1.54, 1.807) is 17.2 Å². The lowest BCUT2D eigenvalue weighted by atomic mass is 9.96. The lowest BCUT2D eigenvalue weighted by Crippen LogP contribution is -2.50. The van der Waals surface area contributed by atoms with Gasteiger partial charge in [-0.1, -0.05) is 24.3 Å². The Morgan fingerprint density at radius 1 is 1.00 bits per heavy atom. The van der Waals surface area contributed by atoms with Gasteiger partial charge in [0.2, 0.25) is 0 Å². The average molecular weight is 533 g/mol. The van der Waals surface area contributed by atoms with Crippen LogP contribution < -0.4 is 4.90 Å². The van der Waals surface area contributed by atoms with Crippen molar-refractivity contribution in [3.8, 4) is 28.1 Å². The third kappa shape index (κ3) is 5.21. The Labute approximate surface area is 225 Å². The third-order valence-electron chi connectivity index (χ3n) is 6.69. The second-order valence-corrected chi connectivity index (χ2v) is 10.6. The number of pyridine rings is 2. The lowest BCUT2D eigenvalue weighted by molar-refractivity contribution is 0.0240. The standard InChI is InChI=1S/C30H30F2N4O3/c1-18-7-5-6-8-20(18)25-26-22(11-12-33-25)24(21-10-9-19(31)17-23(21)32)27(37)28(34-26)35-13-15-36(16-14-35)29(38)39-30(2,3)4/h5-12,17,37H,13-16H2,1-4H3. The Morgan fingerprint density at radius 2 is 1.72 bits per heavy atom. The summed E-state index contributed by atoms with van der Waals surface area (Å²) >= 11 is 0. The van der Waals surface area contributed by atoms with Gasteiger partial charge in [0.1, 0.15) is 17.2 Å². The van der Waals surface area contributed by atoms with Gasteiger partial charge in [-0.25, -0.2) is 18.6 Å². The van der Waals surface area contributed by atoms with Crippen LogP contribution in [0.25, 0.3) is 33.3 Å². The van der Waals surface area contributed by atoms with Crippen LogP contribution in [0.15, 0.2) is 54.7 Å². The SMILES string of the molecule is Cc1ccccc1-c1nccc2c(-c3ccc(F)cc3F)c(O)c(N3CCN(C(=O)OC(C)(C)C)CC3)nc12. The number of ether oxygens (including phenoxy) is 1. The Balaban J connectivity index is 1.64. The molecule has 1 N–H and O–H groups in total. The topological polar surface area (TPSA) is 78.8 Å². The fourth-order valence-electron chi connectivity index (χ4n) is 4.82. The van der Waals surface area contributed by atoms with E-state index in [0.29, 0.717) is 42.8 Å². The smallest absolute Gasteiger partial charge is 0.410 e. The van der Waals surface area contributed by atoms with E-state index >= 15 is 4.39 Å². The molecule has 0 aliphatic carbocycles. The first-order chi connectivity index (χ1) is 18.5. The Morgan fingerprint density at radius 3 is 2.38 bits per heavy atom. The molecule has 5 rings (SSSR count). The van der Waals surface area contributed by atoms with Crippen molar-refractivity contribution in [1.29, 1.82) is 0 Å². The number of hydrogen-bond donors (Lipinski definition) is 1. The molecule has 2 aromatic heterocycles. The molecule has 1 fully saturated rings.